The zero-order valence-electron chi connectivity index (χ0n) is 15.9. The number of carbonyl (C=O) groups is 1. The highest BCUT2D eigenvalue weighted by molar-refractivity contribution is 6.11. The first-order valence-corrected chi connectivity index (χ1v) is 9.46. The normalized spacial score (nSPS) is 18.3. The van der Waals surface area contributed by atoms with Gasteiger partial charge in [0.05, 0.1) is 19.3 Å². The molecule has 3 aromatic carbocycles. The van der Waals surface area contributed by atoms with E-state index in [4.69, 9.17) is 4.74 Å². The van der Waals surface area contributed by atoms with Crippen molar-refractivity contribution in [2.75, 3.05) is 12.0 Å². The van der Waals surface area contributed by atoms with Gasteiger partial charge in [-0.15, -0.1) is 0 Å². The molecular formula is C24H20N2O3. The van der Waals surface area contributed by atoms with Crippen LogP contribution in [0.3, 0.4) is 0 Å². The Hall–Kier alpha value is -3.57. The lowest BCUT2D eigenvalue weighted by Gasteiger charge is -2.23. The first kappa shape index (κ1) is 17.5. The molecule has 0 saturated heterocycles. The number of fused-ring (bicyclic) bond motifs is 2. The van der Waals surface area contributed by atoms with Gasteiger partial charge in [-0.25, -0.2) is 0 Å². The molecule has 1 aliphatic rings. The molecule has 0 aliphatic carbocycles. The van der Waals surface area contributed by atoms with E-state index in [2.05, 4.69) is 4.98 Å². The predicted molar refractivity (Wildman–Crippen MR) is 112 cm³/mol. The third-order valence-electron chi connectivity index (χ3n) is 5.62. The Labute approximate surface area is 168 Å². The first-order chi connectivity index (χ1) is 14.1. The molecule has 2 heterocycles. The fraction of sp³-hybridized carbons (Fsp3) is 0.125. The van der Waals surface area contributed by atoms with E-state index in [1.54, 1.807) is 18.2 Å². The van der Waals surface area contributed by atoms with Gasteiger partial charge in [-0.2, -0.15) is 0 Å². The van der Waals surface area contributed by atoms with E-state index in [0.29, 0.717) is 17.7 Å². The van der Waals surface area contributed by atoms with E-state index in [1.165, 1.54) is 0 Å². The molecular weight excluding hydrogens is 364 g/mol. The largest absolute Gasteiger partial charge is 0.497 e. The van der Waals surface area contributed by atoms with E-state index in [0.717, 1.165) is 27.9 Å². The number of amides is 1. The van der Waals surface area contributed by atoms with Crippen LogP contribution in [0.4, 0.5) is 5.69 Å². The summed E-state index contributed by atoms with van der Waals surface area (Å²) in [5.41, 5.74) is 2.00. The Morgan fingerprint density at radius 2 is 1.69 bits per heavy atom. The van der Waals surface area contributed by atoms with Gasteiger partial charge in [-0.1, -0.05) is 48.5 Å². The van der Waals surface area contributed by atoms with Crippen molar-refractivity contribution in [3.63, 3.8) is 0 Å². The molecule has 5 heteroatoms. The second-order valence-electron chi connectivity index (χ2n) is 7.21. The Morgan fingerprint density at radius 1 is 0.966 bits per heavy atom. The zero-order chi connectivity index (χ0) is 20.0. The van der Waals surface area contributed by atoms with Crippen molar-refractivity contribution in [2.24, 2.45) is 0 Å². The highest BCUT2D eigenvalue weighted by atomic mass is 16.5. The van der Waals surface area contributed by atoms with Crippen LogP contribution in [-0.2, 0) is 16.9 Å². The second-order valence-corrected chi connectivity index (χ2v) is 7.21. The average Bonchev–Trinajstić information content (AvgIpc) is 3.29. The van der Waals surface area contributed by atoms with Gasteiger partial charge in [0.25, 0.3) is 5.91 Å². The van der Waals surface area contributed by atoms with Gasteiger partial charge in [0.15, 0.2) is 5.60 Å². The van der Waals surface area contributed by atoms with Crippen LogP contribution in [0.1, 0.15) is 16.7 Å². The van der Waals surface area contributed by atoms with E-state index in [1.807, 2.05) is 72.8 Å². The number of carbonyl (C=O) groups excluding carboxylic acids is 1. The monoisotopic (exact) mass is 384 g/mol. The number of aliphatic hydroxyl groups is 1. The number of nitrogens with one attached hydrogen (secondary N) is 1. The number of nitrogens with zero attached hydrogens (tertiary/aromatic N) is 1. The lowest BCUT2D eigenvalue weighted by Crippen LogP contribution is -2.40. The Morgan fingerprint density at radius 3 is 2.48 bits per heavy atom. The van der Waals surface area contributed by atoms with Crippen molar-refractivity contribution in [1.29, 1.82) is 0 Å². The van der Waals surface area contributed by atoms with Crippen molar-refractivity contribution in [2.45, 2.75) is 12.1 Å². The molecule has 4 aromatic rings. The number of hydrogen-bond donors (Lipinski definition) is 2. The number of hydrogen-bond acceptors (Lipinski definition) is 3. The number of ether oxygens (including phenoxy) is 1. The van der Waals surface area contributed by atoms with E-state index in [9.17, 15) is 9.90 Å². The summed E-state index contributed by atoms with van der Waals surface area (Å²) in [5.74, 6) is 0.413. The molecule has 0 radical (unpaired) electrons. The van der Waals surface area contributed by atoms with Crippen LogP contribution in [0.25, 0.3) is 10.9 Å². The van der Waals surface area contributed by atoms with Gasteiger partial charge in [0, 0.05) is 28.2 Å². The molecule has 0 spiro atoms. The number of aromatic amines is 1. The molecule has 0 fully saturated rings. The summed E-state index contributed by atoms with van der Waals surface area (Å²) in [6, 6.07) is 22.7. The predicted octanol–water partition coefficient (Wildman–Crippen LogP) is 3.96. The summed E-state index contributed by atoms with van der Waals surface area (Å²) in [7, 11) is 1.62. The lowest BCUT2D eigenvalue weighted by atomic mass is 9.87. The van der Waals surface area contributed by atoms with Gasteiger partial charge < -0.3 is 19.7 Å². The molecule has 1 atom stereocenters. The van der Waals surface area contributed by atoms with Crippen molar-refractivity contribution < 1.29 is 14.6 Å². The van der Waals surface area contributed by atoms with Crippen molar-refractivity contribution in [3.05, 3.63) is 95.7 Å². The molecule has 0 saturated carbocycles. The van der Waals surface area contributed by atoms with E-state index in [-0.39, 0.29) is 5.91 Å². The summed E-state index contributed by atoms with van der Waals surface area (Å²) in [6.45, 7) is 0.366. The SMILES string of the molecule is COc1ccc(CN2C(=O)C(O)(c3c[nH]c4ccccc34)c3ccccc32)cc1. The topological polar surface area (TPSA) is 65.6 Å². The molecule has 1 amide bonds. The summed E-state index contributed by atoms with van der Waals surface area (Å²) in [4.78, 5) is 18.4. The van der Waals surface area contributed by atoms with Gasteiger partial charge >= 0.3 is 0 Å². The molecule has 5 rings (SSSR count). The highest BCUT2D eigenvalue weighted by Crippen LogP contribution is 2.46. The Kier molecular flexibility index (Phi) is 3.93. The summed E-state index contributed by atoms with van der Waals surface area (Å²) < 4.78 is 5.22. The number of rotatable bonds is 4. The standard InChI is InChI=1S/C24H20N2O3/c1-29-17-12-10-16(11-13-17)15-26-22-9-5-3-7-19(22)24(28,23(26)27)20-14-25-21-8-4-2-6-18(20)21/h2-14,25,28H,15H2,1H3. The first-order valence-electron chi connectivity index (χ1n) is 9.46. The Balaban J connectivity index is 1.62. The highest BCUT2D eigenvalue weighted by Gasteiger charge is 2.51. The molecule has 5 nitrogen and oxygen atoms in total. The van der Waals surface area contributed by atoms with E-state index < -0.39 is 5.60 Å². The number of benzene rings is 3. The van der Waals surface area contributed by atoms with Gasteiger partial charge in [0.2, 0.25) is 0 Å². The number of aromatic nitrogens is 1. The molecule has 2 N–H and O–H groups in total. The number of H-pyrrole nitrogens is 1. The minimum absolute atomic E-state index is 0.348. The van der Waals surface area contributed by atoms with Crippen LogP contribution >= 0.6 is 0 Å². The maximum atomic E-state index is 13.6. The van der Waals surface area contributed by atoms with Crippen molar-refractivity contribution in [1.82, 2.24) is 4.98 Å². The Bertz CT molecular complexity index is 1210. The average molecular weight is 384 g/mol. The van der Waals surface area contributed by atoms with Crippen molar-refractivity contribution in [3.8, 4) is 5.75 Å². The van der Waals surface area contributed by atoms with Crippen LogP contribution in [-0.4, -0.2) is 23.1 Å². The minimum Gasteiger partial charge on any atom is -0.497 e. The van der Waals surface area contributed by atoms with E-state index >= 15 is 0 Å². The fourth-order valence-electron chi connectivity index (χ4n) is 4.14. The second kappa shape index (κ2) is 6.50. The zero-order valence-corrected chi connectivity index (χ0v) is 15.9. The summed E-state index contributed by atoms with van der Waals surface area (Å²) >= 11 is 0. The van der Waals surface area contributed by atoms with Crippen LogP contribution in [0.15, 0.2) is 79.0 Å². The number of methoxy groups -OCH3 is 1. The van der Waals surface area contributed by atoms with Crippen molar-refractivity contribution >= 4 is 22.5 Å². The summed E-state index contributed by atoms with van der Waals surface area (Å²) in [6.07, 6.45) is 1.73. The molecule has 1 unspecified atom stereocenters. The maximum Gasteiger partial charge on any atom is 0.268 e. The third kappa shape index (κ3) is 2.55. The third-order valence-corrected chi connectivity index (χ3v) is 5.62. The lowest BCUT2D eigenvalue weighted by molar-refractivity contribution is -0.132. The molecule has 1 aromatic heterocycles. The quantitative estimate of drug-likeness (QED) is 0.560. The van der Waals surface area contributed by atoms with Crippen LogP contribution in [0.5, 0.6) is 5.75 Å². The summed E-state index contributed by atoms with van der Waals surface area (Å²) in [5, 5.41) is 12.6. The van der Waals surface area contributed by atoms with Gasteiger partial charge in [-0.3, -0.25) is 4.79 Å². The molecule has 1 aliphatic heterocycles. The molecule has 0 bridgehead atoms. The fourth-order valence-corrected chi connectivity index (χ4v) is 4.14. The number of anilines is 1. The van der Waals surface area contributed by atoms with Crippen LogP contribution in [0, 0.1) is 0 Å². The van der Waals surface area contributed by atoms with Gasteiger partial charge in [0.1, 0.15) is 5.75 Å². The maximum absolute atomic E-state index is 13.6. The molecule has 144 valence electrons. The molecule has 29 heavy (non-hydrogen) atoms. The smallest absolute Gasteiger partial charge is 0.268 e. The van der Waals surface area contributed by atoms with Gasteiger partial charge in [-0.05, 0) is 29.8 Å². The van der Waals surface area contributed by atoms with Crippen LogP contribution < -0.4 is 9.64 Å². The minimum atomic E-state index is -1.73. The van der Waals surface area contributed by atoms with Crippen LogP contribution in [0.2, 0.25) is 0 Å². The number of para-hydroxylation sites is 2.